The largest absolute Gasteiger partial charge is 0.385 e. The fraction of sp³-hybridized carbons (Fsp3) is 0.185. The number of methoxy groups -OCH3 is 1. The number of hydrogen-bond donors (Lipinski definition) is 2. The number of nitrogen functional groups attached to an aromatic ring is 1. The number of carbonyl (C=O) groups excluding carboxylic acids is 1. The first kappa shape index (κ1) is 23.2. The molecule has 3 N–H and O–H groups in total. The van der Waals surface area contributed by atoms with E-state index in [2.05, 4.69) is 5.32 Å². The summed E-state index contributed by atoms with van der Waals surface area (Å²) in [6, 6.07) is 18.5. The Hall–Kier alpha value is -3.97. The number of benzene rings is 3. The van der Waals surface area contributed by atoms with Gasteiger partial charge in [-0.25, -0.2) is 4.39 Å². The molecule has 3 aromatic carbocycles. The van der Waals surface area contributed by atoms with Crippen LogP contribution in [0.4, 0.5) is 15.9 Å². The van der Waals surface area contributed by atoms with Crippen molar-refractivity contribution < 1.29 is 13.9 Å². The van der Waals surface area contributed by atoms with Crippen LogP contribution in [0.3, 0.4) is 0 Å². The molecule has 174 valence electrons. The first-order chi connectivity index (χ1) is 16.4. The van der Waals surface area contributed by atoms with E-state index < -0.39 is 5.82 Å². The lowest BCUT2D eigenvalue weighted by Crippen LogP contribution is -2.25. The molecule has 0 saturated heterocycles. The molecular formula is C27H26FN3O3. The van der Waals surface area contributed by atoms with Crippen molar-refractivity contribution in [1.82, 2.24) is 4.57 Å². The van der Waals surface area contributed by atoms with E-state index in [1.165, 1.54) is 10.6 Å². The van der Waals surface area contributed by atoms with E-state index in [4.69, 9.17) is 10.5 Å². The molecule has 0 aliphatic rings. The molecule has 34 heavy (non-hydrogen) atoms. The van der Waals surface area contributed by atoms with E-state index in [1.54, 1.807) is 55.6 Å². The van der Waals surface area contributed by atoms with Crippen LogP contribution in [0.5, 0.6) is 0 Å². The molecule has 6 nitrogen and oxygen atoms in total. The molecule has 0 bridgehead atoms. The van der Waals surface area contributed by atoms with Crippen LogP contribution in [-0.4, -0.2) is 24.2 Å². The number of nitrogens with two attached hydrogens (primary N) is 1. The fourth-order valence-corrected chi connectivity index (χ4v) is 3.99. The minimum atomic E-state index is -0.436. The predicted octanol–water partition coefficient (Wildman–Crippen LogP) is 4.99. The minimum Gasteiger partial charge on any atom is -0.385 e. The summed E-state index contributed by atoms with van der Waals surface area (Å²) in [5.74, 6) is -0.533. The summed E-state index contributed by atoms with van der Waals surface area (Å²) in [5, 5.41) is 3.70. The maximum atomic E-state index is 14.8. The number of nitrogens with one attached hydrogen (secondary N) is 1. The van der Waals surface area contributed by atoms with E-state index in [0.29, 0.717) is 52.7 Å². The monoisotopic (exact) mass is 459 g/mol. The van der Waals surface area contributed by atoms with E-state index in [1.807, 2.05) is 19.1 Å². The zero-order chi connectivity index (χ0) is 24.2. The van der Waals surface area contributed by atoms with Gasteiger partial charge in [-0.2, -0.15) is 0 Å². The predicted molar refractivity (Wildman–Crippen MR) is 134 cm³/mol. The fourth-order valence-electron chi connectivity index (χ4n) is 3.99. The highest BCUT2D eigenvalue weighted by atomic mass is 19.1. The summed E-state index contributed by atoms with van der Waals surface area (Å²) < 4.78 is 21.3. The van der Waals surface area contributed by atoms with Gasteiger partial charge in [-0.05, 0) is 49.1 Å². The molecule has 0 saturated carbocycles. The molecule has 1 amide bonds. The Kier molecular flexibility index (Phi) is 6.75. The average molecular weight is 460 g/mol. The summed E-state index contributed by atoms with van der Waals surface area (Å²) in [4.78, 5) is 26.1. The second kappa shape index (κ2) is 9.89. The van der Waals surface area contributed by atoms with E-state index in [0.717, 1.165) is 5.56 Å². The number of halogens is 1. The third-order valence-electron chi connectivity index (χ3n) is 5.76. The molecule has 4 aromatic rings. The minimum absolute atomic E-state index is 0.190. The lowest BCUT2D eigenvalue weighted by Gasteiger charge is -2.18. The molecule has 0 radical (unpaired) electrons. The highest BCUT2D eigenvalue weighted by Crippen LogP contribution is 2.35. The smallest absolute Gasteiger partial charge is 0.260 e. The molecule has 1 aromatic heterocycles. The van der Waals surface area contributed by atoms with Crippen molar-refractivity contribution in [2.45, 2.75) is 19.9 Å². The van der Waals surface area contributed by atoms with Crippen molar-refractivity contribution >= 4 is 28.2 Å². The molecule has 1 heterocycles. The van der Waals surface area contributed by atoms with Crippen molar-refractivity contribution in [3.05, 3.63) is 94.0 Å². The summed E-state index contributed by atoms with van der Waals surface area (Å²) >= 11 is 0. The molecular weight excluding hydrogens is 433 g/mol. The normalized spacial score (nSPS) is 11.0. The summed E-state index contributed by atoms with van der Waals surface area (Å²) in [7, 11) is 1.58. The van der Waals surface area contributed by atoms with Gasteiger partial charge in [0.15, 0.2) is 0 Å². The van der Waals surface area contributed by atoms with Crippen LogP contribution < -0.4 is 16.6 Å². The average Bonchev–Trinajstić information content (AvgIpc) is 2.83. The van der Waals surface area contributed by atoms with Crippen LogP contribution in [-0.2, 0) is 11.3 Å². The number of hydrogen-bond acceptors (Lipinski definition) is 4. The molecule has 0 fully saturated rings. The number of fused-ring (bicyclic) bond motifs is 1. The van der Waals surface area contributed by atoms with Crippen molar-refractivity contribution in [1.29, 1.82) is 0 Å². The Balaban J connectivity index is 1.84. The number of aromatic nitrogens is 1. The standard InChI is InChI=1S/C27H26FN3O3/c1-17-8-10-18(11-9-17)26(32)30-19-12-13-20-22(16-19)27(33)31(14-5-15-34-2)25(29)24(20)21-6-3-4-7-23(21)28/h3-4,6-13,16H,5,14-15,29H2,1-2H3,(H,30,32). The summed E-state index contributed by atoms with van der Waals surface area (Å²) in [6.07, 6.45) is 0.562. The number of aryl methyl sites for hydroxylation is 1. The SMILES string of the molecule is COCCCn1c(N)c(-c2ccccc2F)c2ccc(NC(=O)c3ccc(C)cc3)cc2c1=O. The van der Waals surface area contributed by atoms with Gasteiger partial charge in [0.2, 0.25) is 0 Å². The van der Waals surface area contributed by atoms with E-state index >= 15 is 0 Å². The number of carbonyl (C=O) groups is 1. The number of anilines is 2. The number of nitrogens with zero attached hydrogens (tertiary/aromatic N) is 1. The van der Waals surface area contributed by atoms with Crippen LogP contribution in [0.15, 0.2) is 71.5 Å². The van der Waals surface area contributed by atoms with Gasteiger partial charge < -0.3 is 15.8 Å². The molecule has 0 aliphatic carbocycles. The number of pyridine rings is 1. The van der Waals surface area contributed by atoms with Crippen molar-refractivity contribution in [2.75, 3.05) is 24.8 Å². The van der Waals surface area contributed by atoms with Crippen molar-refractivity contribution in [2.24, 2.45) is 0 Å². The quantitative estimate of drug-likeness (QED) is 0.382. The van der Waals surface area contributed by atoms with Gasteiger partial charge in [0.25, 0.3) is 11.5 Å². The Labute approximate surface area is 196 Å². The summed E-state index contributed by atoms with van der Waals surface area (Å²) in [6.45, 7) is 2.71. The Morgan fingerprint density at radius 1 is 1.06 bits per heavy atom. The molecule has 7 heteroatoms. The maximum Gasteiger partial charge on any atom is 0.260 e. The second-order valence-corrected chi connectivity index (χ2v) is 8.12. The van der Waals surface area contributed by atoms with Crippen LogP contribution in [0.25, 0.3) is 21.9 Å². The first-order valence-electron chi connectivity index (χ1n) is 11.0. The Morgan fingerprint density at radius 3 is 2.50 bits per heavy atom. The van der Waals surface area contributed by atoms with Gasteiger partial charge >= 0.3 is 0 Å². The van der Waals surface area contributed by atoms with Crippen molar-refractivity contribution in [3.8, 4) is 11.1 Å². The Bertz CT molecular complexity index is 1410. The number of rotatable bonds is 7. The topological polar surface area (TPSA) is 86.3 Å². The van der Waals surface area contributed by atoms with Crippen LogP contribution >= 0.6 is 0 Å². The lowest BCUT2D eigenvalue weighted by atomic mass is 9.98. The molecule has 0 aliphatic heterocycles. The van der Waals surface area contributed by atoms with Crippen LogP contribution in [0.2, 0.25) is 0 Å². The third-order valence-corrected chi connectivity index (χ3v) is 5.76. The van der Waals surface area contributed by atoms with E-state index in [9.17, 15) is 14.0 Å². The highest BCUT2D eigenvalue weighted by Gasteiger charge is 2.19. The molecule has 0 unspecified atom stereocenters. The Morgan fingerprint density at radius 2 is 1.79 bits per heavy atom. The molecule has 4 rings (SSSR count). The highest BCUT2D eigenvalue weighted by molar-refractivity contribution is 6.07. The number of amides is 1. The van der Waals surface area contributed by atoms with Gasteiger partial charge in [-0.3, -0.25) is 14.2 Å². The second-order valence-electron chi connectivity index (χ2n) is 8.12. The van der Waals surface area contributed by atoms with Gasteiger partial charge in [-0.1, -0.05) is 42.0 Å². The van der Waals surface area contributed by atoms with Gasteiger partial charge in [0.1, 0.15) is 11.6 Å². The summed E-state index contributed by atoms with van der Waals surface area (Å²) in [5.41, 5.74) is 8.89. The zero-order valence-corrected chi connectivity index (χ0v) is 19.1. The molecule has 0 spiro atoms. The van der Waals surface area contributed by atoms with Gasteiger partial charge in [0, 0.05) is 48.0 Å². The van der Waals surface area contributed by atoms with Gasteiger partial charge in [0.05, 0.1) is 0 Å². The van der Waals surface area contributed by atoms with Crippen molar-refractivity contribution in [3.63, 3.8) is 0 Å². The third kappa shape index (κ3) is 4.56. The van der Waals surface area contributed by atoms with E-state index in [-0.39, 0.29) is 17.3 Å². The van der Waals surface area contributed by atoms with Crippen LogP contribution in [0, 0.1) is 12.7 Å². The first-order valence-corrected chi connectivity index (χ1v) is 11.0. The molecule has 0 atom stereocenters. The zero-order valence-electron chi connectivity index (χ0n) is 19.1. The van der Waals surface area contributed by atoms with Gasteiger partial charge in [-0.15, -0.1) is 0 Å². The number of ether oxygens (including phenoxy) is 1. The lowest BCUT2D eigenvalue weighted by molar-refractivity contribution is 0.102. The maximum absolute atomic E-state index is 14.8. The van der Waals surface area contributed by atoms with Crippen LogP contribution in [0.1, 0.15) is 22.3 Å².